The molecule has 0 fully saturated rings. The van der Waals surface area contributed by atoms with Crippen molar-refractivity contribution < 1.29 is 14.3 Å². The number of rotatable bonds is 4. The van der Waals surface area contributed by atoms with Crippen LogP contribution in [0.2, 0.25) is 0 Å². The molecule has 0 aromatic heterocycles. The van der Waals surface area contributed by atoms with Gasteiger partial charge in [0, 0.05) is 15.1 Å². The Bertz CT molecular complexity index is 780. The molecular formula is C17H15BrN2O3S. The predicted octanol–water partition coefficient (Wildman–Crippen LogP) is 3.90. The molecule has 5 nitrogen and oxygen atoms in total. The molecule has 0 aliphatic carbocycles. The Balaban J connectivity index is 1.59. The van der Waals surface area contributed by atoms with Gasteiger partial charge in [0.2, 0.25) is 5.91 Å². The van der Waals surface area contributed by atoms with Crippen LogP contribution in [0, 0.1) is 0 Å². The third-order valence-corrected chi connectivity index (χ3v) is 4.92. The molecule has 1 aliphatic heterocycles. The third kappa shape index (κ3) is 4.10. The fraction of sp³-hybridized carbons (Fsp3) is 0.176. The summed E-state index contributed by atoms with van der Waals surface area (Å²) in [6.07, 6.45) is -0.514. The number of halogens is 1. The second-order valence-corrected chi connectivity index (χ2v) is 7.22. The van der Waals surface area contributed by atoms with E-state index in [1.165, 1.54) is 11.8 Å². The highest BCUT2D eigenvalue weighted by Crippen LogP contribution is 2.32. The van der Waals surface area contributed by atoms with Crippen LogP contribution in [0.15, 0.2) is 51.8 Å². The quantitative estimate of drug-likeness (QED) is 0.755. The lowest BCUT2D eigenvalue weighted by atomic mass is 10.2. The molecule has 0 bridgehead atoms. The zero-order valence-electron chi connectivity index (χ0n) is 12.8. The molecule has 1 atom stereocenters. The van der Waals surface area contributed by atoms with Crippen molar-refractivity contribution >= 4 is 50.9 Å². The van der Waals surface area contributed by atoms with Crippen LogP contribution in [-0.2, 0) is 9.59 Å². The maximum absolute atomic E-state index is 12.1. The topological polar surface area (TPSA) is 67.4 Å². The molecule has 0 unspecified atom stereocenters. The summed E-state index contributed by atoms with van der Waals surface area (Å²) in [6.45, 7) is 1.69. The average Bonchev–Trinajstić information content (AvgIpc) is 2.56. The average molecular weight is 407 g/mol. The number of fused-ring (bicyclic) bond motifs is 1. The molecule has 0 saturated carbocycles. The Morgan fingerprint density at radius 1 is 1.29 bits per heavy atom. The van der Waals surface area contributed by atoms with Gasteiger partial charge in [0.1, 0.15) is 5.75 Å². The van der Waals surface area contributed by atoms with Crippen LogP contribution in [-0.4, -0.2) is 23.7 Å². The fourth-order valence-corrected chi connectivity index (χ4v) is 3.13. The molecule has 124 valence electrons. The number of carbonyl (C=O) groups is 2. The number of hydrogen-bond acceptors (Lipinski definition) is 4. The first-order valence-electron chi connectivity index (χ1n) is 7.31. The maximum Gasteiger partial charge on any atom is 0.265 e. The standard InChI is InChI=1S/C17H15BrN2O3S/c1-10-17(22)20-14-8-12(4-7-15(14)23-10)19-16(21)9-24-13-5-2-11(18)3-6-13/h2-8,10H,9H2,1H3,(H,19,21)(H,20,22)/t10-/m1/s1. The molecule has 2 aromatic carbocycles. The van der Waals surface area contributed by atoms with Gasteiger partial charge < -0.3 is 15.4 Å². The largest absolute Gasteiger partial charge is 0.479 e. The highest BCUT2D eigenvalue weighted by atomic mass is 79.9. The molecule has 24 heavy (non-hydrogen) atoms. The number of hydrogen-bond donors (Lipinski definition) is 2. The molecule has 2 aromatic rings. The van der Waals surface area contributed by atoms with Crippen LogP contribution in [0.4, 0.5) is 11.4 Å². The van der Waals surface area contributed by atoms with Gasteiger partial charge in [-0.2, -0.15) is 0 Å². The fourth-order valence-electron chi connectivity index (χ4n) is 2.16. The normalized spacial score (nSPS) is 15.9. The van der Waals surface area contributed by atoms with E-state index in [2.05, 4.69) is 26.6 Å². The van der Waals surface area contributed by atoms with E-state index in [-0.39, 0.29) is 11.8 Å². The van der Waals surface area contributed by atoms with E-state index in [4.69, 9.17) is 4.74 Å². The molecular weight excluding hydrogens is 392 g/mol. The Morgan fingerprint density at radius 3 is 2.79 bits per heavy atom. The summed E-state index contributed by atoms with van der Waals surface area (Å²) in [5, 5.41) is 5.59. The molecule has 2 amide bonds. The monoisotopic (exact) mass is 406 g/mol. The number of ether oxygens (including phenoxy) is 1. The van der Waals surface area contributed by atoms with Crippen molar-refractivity contribution in [3.05, 3.63) is 46.9 Å². The summed E-state index contributed by atoms with van der Waals surface area (Å²) in [5.74, 6) is 0.596. The lowest BCUT2D eigenvalue weighted by Crippen LogP contribution is -2.34. The van der Waals surface area contributed by atoms with Crippen molar-refractivity contribution in [2.75, 3.05) is 16.4 Å². The van der Waals surface area contributed by atoms with Gasteiger partial charge in [0.15, 0.2) is 6.10 Å². The van der Waals surface area contributed by atoms with Crippen LogP contribution >= 0.6 is 27.7 Å². The van der Waals surface area contributed by atoms with Crippen molar-refractivity contribution in [1.29, 1.82) is 0 Å². The summed E-state index contributed by atoms with van der Waals surface area (Å²) < 4.78 is 6.49. The van der Waals surface area contributed by atoms with Crippen molar-refractivity contribution in [3.8, 4) is 5.75 Å². The minimum atomic E-state index is -0.514. The SMILES string of the molecule is C[C@H]1Oc2ccc(NC(=O)CSc3ccc(Br)cc3)cc2NC1=O. The molecule has 7 heteroatoms. The van der Waals surface area contributed by atoms with Gasteiger partial charge in [0.25, 0.3) is 5.91 Å². The Morgan fingerprint density at radius 2 is 2.04 bits per heavy atom. The van der Waals surface area contributed by atoms with Crippen LogP contribution < -0.4 is 15.4 Å². The minimum Gasteiger partial charge on any atom is -0.479 e. The van der Waals surface area contributed by atoms with E-state index in [9.17, 15) is 9.59 Å². The van der Waals surface area contributed by atoms with Gasteiger partial charge in [-0.05, 0) is 49.4 Å². The number of thioether (sulfide) groups is 1. The number of anilines is 2. The van der Waals surface area contributed by atoms with E-state index in [1.807, 2.05) is 24.3 Å². The third-order valence-electron chi connectivity index (χ3n) is 3.38. The lowest BCUT2D eigenvalue weighted by molar-refractivity contribution is -0.122. The Labute approximate surface area is 152 Å². The lowest BCUT2D eigenvalue weighted by Gasteiger charge is -2.23. The van der Waals surface area contributed by atoms with Crippen molar-refractivity contribution in [1.82, 2.24) is 0 Å². The van der Waals surface area contributed by atoms with Gasteiger partial charge in [-0.1, -0.05) is 15.9 Å². The van der Waals surface area contributed by atoms with Crippen molar-refractivity contribution in [2.24, 2.45) is 0 Å². The smallest absolute Gasteiger partial charge is 0.265 e. The summed E-state index contributed by atoms with van der Waals surface area (Å²) in [7, 11) is 0. The zero-order valence-corrected chi connectivity index (χ0v) is 15.2. The highest BCUT2D eigenvalue weighted by molar-refractivity contribution is 9.10. The minimum absolute atomic E-state index is 0.112. The van der Waals surface area contributed by atoms with E-state index in [0.717, 1.165) is 9.37 Å². The summed E-state index contributed by atoms with van der Waals surface area (Å²) in [6, 6.07) is 13.0. The van der Waals surface area contributed by atoms with Crippen molar-refractivity contribution in [3.63, 3.8) is 0 Å². The number of nitrogens with one attached hydrogen (secondary N) is 2. The summed E-state index contributed by atoms with van der Waals surface area (Å²) >= 11 is 4.84. The molecule has 0 saturated heterocycles. The van der Waals surface area contributed by atoms with Gasteiger partial charge in [0.05, 0.1) is 11.4 Å². The molecule has 2 N–H and O–H groups in total. The van der Waals surface area contributed by atoms with E-state index in [0.29, 0.717) is 22.9 Å². The Kier molecular flexibility index (Phi) is 5.11. The zero-order chi connectivity index (χ0) is 17.1. The van der Waals surface area contributed by atoms with Crippen LogP contribution in [0.5, 0.6) is 5.75 Å². The molecule has 1 heterocycles. The number of benzene rings is 2. The highest BCUT2D eigenvalue weighted by Gasteiger charge is 2.23. The molecule has 3 rings (SSSR count). The maximum atomic E-state index is 12.1. The summed E-state index contributed by atoms with van der Waals surface area (Å²) in [4.78, 5) is 24.7. The van der Waals surface area contributed by atoms with Crippen LogP contribution in [0.1, 0.15) is 6.92 Å². The van der Waals surface area contributed by atoms with Crippen molar-refractivity contribution in [2.45, 2.75) is 17.9 Å². The first kappa shape index (κ1) is 16.9. The molecule has 0 radical (unpaired) electrons. The molecule has 0 spiro atoms. The number of amides is 2. The second-order valence-electron chi connectivity index (χ2n) is 5.25. The van der Waals surface area contributed by atoms with Crippen LogP contribution in [0.3, 0.4) is 0 Å². The first-order valence-corrected chi connectivity index (χ1v) is 9.09. The number of carbonyl (C=O) groups excluding carboxylic acids is 2. The van der Waals surface area contributed by atoms with E-state index < -0.39 is 6.10 Å². The van der Waals surface area contributed by atoms with Gasteiger partial charge >= 0.3 is 0 Å². The summed E-state index contributed by atoms with van der Waals surface area (Å²) in [5.41, 5.74) is 1.19. The molecule has 1 aliphatic rings. The van der Waals surface area contributed by atoms with Gasteiger partial charge in [-0.25, -0.2) is 0 Å². The first-order chi connectivity index (χ1) is 11.5. The Hall–Kier alpha value is -1.99. The predicted molar refractivity (Wildman–Crippen MR) is 98.7 cm³/mol. The van der Waals surface area contributed by atoms with Crippen LogP contribution in [0.25, 0.3) is 0 Å². The van der Waals surface area contributed by atoms with Gasteiger partial charge in [-0.3, -0.25) is 9.59 Å². The van der Waals surface area contributed by atoms with E-state index >= 15 is 0 Å². The second kappa shape index (κ2) is 7.27. The van der Waals surface area contributed by atoms with Gasteiger partial charge in [-0.15, -0.1) is 11.8 Å². The van der Waals surface area contributed by atoms with E-state index in [1.54, 1.807) is 25.1 Å².